The summed E-state index contributed by atoms with van der Waals surface area (Å²) in [5.41, 5.74) is 4.63. The van der Waals surface area contributed by atoms with Gasteiger partial charge in [-0.15, -0.1) is 0 Å². The standard InChI is InChI=1S/C9H13N3O5/c10-5-1-2-12(9(16)11-5)8-7(15)6(14)4(3-13)17-8/h1-2,4,6-8,13-15H,3H2,(H2,10,11,16)/t4-,6-,7-,8?/m1/s1. The van der Waals surface area contributed by atoms with Gasteiger partial charge in [-0.3, -0.25) is 4.57 Å². The van der Waals surface area contributed by atoms with Gasteiger partial charge in [-0.05, 0) is 6.07 Å². The fourth-order valence-electron chi connectivity index (χ4n) is 1.73. The number of aromatic nitrogens is 2. The van der Waals surface area contributed by atoms with Gasteiger partial charge < -0.3 is 25.8 Å². The van der Waals surface area contributed by atoms with Gasteiger partial charge >= 0.3 is 5.69 Å². The van der Waals surface area contributed by atoms with Crippen molar-refractivity contribution in [3.63, 3.8) is 0 Å². The first-order valence-corrected chi connectivity index (χ1v) is 5.01. The third-order valence-corrected chi connectivity index (χ3v) is 2.64. The molecule has 5 N–H and O–H groups in total. The molecule has 0 aliphatic carbocycles. The summed E-state index contributed by atoms with van der Waals surface area (Å²) in [6, 6.07) is 1.37. The molecule has 8 nitrogen and oxygen atoms in total. The molecule has 1 aromatic rings. The van der Waals surface area contributed by atoms with E-state index in [9.17, 15) is 15.0 Å². The lowest BCUT2D eigenvalue weighted by molar-refractivity contribution is -0.0549. The van der Waals surface area contributed by atoms with Crippen LogP contribution in [-0.4, -0.2) is 49.8 Å². The normalized spacial score (nSPS) is 32.9. The molecule has 4 atom stereocenters. The second-order valence-corrected chi connectivity index (χ2v) is 3.77. The van der Waals surface area contributed by atoms with Crippen molar-refractivity contribution in [2.24, 2.45) is 0 Å². The molecule has 1 aliphatic rings. The van der Waals surface area contributed by atoms with Crippen LogP contribution in [0.1, 0.15) is 6.23 Å². The molecule has 1 aliphatic heterocycles. The van der Waals surface area contributed by atoms with Crippen LogP contribution in [0.4, 0.5) is 5.82 Å². The molecule has 0 bridgehead atoms. The van der Waals surface area contributed by atoms with Gasteiger partial charge in [0.05, 0.1) is 6.61 Å². The quantitative estimate of drug-likeness (QED) is 0.449. The summed E-state index contributed by atoms with van der Waals surface area (Å²) in [6.07, 6.45) is -3.27. The third kappa shape index (κ3) is 2.03. The van der Waals surface area contributed by atoms with Crippen LogP contribution in [0.5, 0.6) is 0 Å². The molecule has 94 valence electrons. The van der Waals surface area contributed by atoms with Crippen molar-refractivity contribution >= 4 is 5.82 Å². The number of hydrogen-bond donors (Lipinski definition) is 4. The first-order valence-electron chi connectivity index (χ1n) is 5.01. The Morgan fingerprint density at radius 2 is 2.18 bits per heavy atom. The maximum Gasteiger partial charge on any atom is 0.351 e. The number of aliphatic hydroxyl groups is 3. The van der Waals surface area contributed by atoms with Crippen molar-refractivity contribution in [2.75, 3.05) is 12.3 Å². The molecule has 0 saturated carbocycles. The predicted molar refractivity (Wildman–Crippen MR) is 55.9 cm³/mol. The Bertz CT molecular complexity index is 462. The Morgan fingerprint density at radius 1 is 1.47 bits per heavy atom. The number of anilines is 1. The van der Waals surface area contributed by atoms with E-state index in [1.54, 1.807) is 0 Å². The monoisotopic (exact) mass is 243 g/mol. The van der Waals surface area contributed by atoms with Crippen molar-refractivity contribution in [2.45, 2.75) is 24.5 Å². The fraction of sp³-hybridized carbons (Fsp3) is 0.556. The lowest BCUT2D eigenvalue weighted by atomic mass is 10.1. The zero-order valence-electron chi connectivity index (χ0n) is 8.80. The number of nitrogens with two attached hydrogens (primary N) is 1. The van der Waals surface area contributed by atoms with Gasteiger partial charge in [0.15, 0.2) is 6.23 Å². The minimum Gasteiger partial charge on any atom is -0.394 e. The van der Waals surface area contributed by atoms with Crippen molar-refractivity contribution in [3.8, 4) is 0 Å². The Morgan fingerprint density at radius 3 is 2.71 bits per heavy atom. The predicted octanol–water partition coefficient (Wildman–Crippen LogP) is -2.56. The van der Waals surface area contributed by atoms with Crippen molar-refractivity contribution in [1.82, 2.24) is 9.55 Å². The molecule has 0 radical (unpaired) electrons. The Kier molecular flexibility index (Phi) is 3.11. The smallest absolute Gasteiger partial charge is 0.351 e. The highest BCUT2D eigenvalue weighted by Crippen LogP contribution is 2.27. The summed E-state index contributed by atoms with van der Waals surface area (Å²) >= 11 is 0. The third-order valence-electron chi connectivity index (χ3n) is 2.64. The molecule has 0 amide bonds. The Labute approximate surface area is 95.9 Å². The van der Waals surface area contributed by atoms with Crippen molar-refractivity contribution in [3.05, 3.63) is 22.7 Å². The SMILES string of the molecule is Nc1ccn(C2O[C@H](CO)[C@@H](O)[C@H]2O)c(=O)n1. The molecule has 2 rings (SSSR count). The maximum atomic E-state index is 11.5. The van der Waals surface area contributed by atoms with Gasteiger partial charge in [0.25, 0.3) is 0 Å². The first-order chi connectivity index (χ1) is 8.04. The lowest BCUT2D eigenvalue weighted by Crippen LogP contribution is -2.36. The Balaban J connectivity index is 2.32. The topological polar surface area (TPSA) is 131 Å². The zero-order chi connectivity index (χ0) is 12.6. The van der Waals surface area contributed by atoms with Crippen LogP contribution in [0.15, 0.2) is 17.1 Å². The molecule has 1 aromatic heterocycles. The molecule has 0 spiro atoms. The number of nitrogen functional groups attached to an aromatic ring is 1. The molecule has 2 heterocycles. The van der Waals surface area contributed by atoms with Crippen molar-refractivity contribution < 1.29 is 20.1 Å². The molecular formula is C9H13N3O5. The maximum absolute atomic E-state index is 11.5. The highest BCUT2D eigenvalue weighted by molar-refractivity contribution is 5.23. The zero-order valence-corrected chi connectivity index (χ0v) is 8.80. The van der Waals surface area contributed by atoms with Crippen LogP contribution in [0.3, 0.4) is 0 Å². The largest absolute Gasteiger partial charge is 0.394 e. The number of nitrogens with zero attached hydrogens (tertiary/aromatic N) is 2. The Hall–Kier alpha value is -1.48. The van der Waals surface area contributed by atoms with Gasteiger partial charge in [0.2, 0.25) is 0 Å². The molecule has 1 fully saturated rings. The summed E-state index contributed by atoms with van der Waals surface area (Å²) in [5.74, 6) is 0.0537. The van der Waals surface area contributed by atoms with E-state index in [1.165, 1.54) is 12.3 Å². The van der Waals surface area contributed by atoms with Gasteiger partial charge in [0, 0.05) is 6.20 Å². The molecule has 1 unspecified atom stereocenters. The van der Waals surface area contributed by atoms with E-state index >= 15 is 0 Å². The molecule has 8 heteroatoms. The van der Waals surface area contributed by atoms with E-state index in [2.05, 4.69) is 4.98 Å². The minimum atomic E-state index is -1.31. The molecule has 1 saturated heterocycles. The van der Waals surface area contributed by atoms with E-state index in [1.807, 2.05) is 0 Å². The molecule has 0 aromatic carbocycles. The van der Waals surface area contributed by atoms with E-state index in [0.29, 0.717) is 0 Å². The average molecular weight is 243 g/mol. The summed E-state index contributed by atoms with van der Waals surface area (Å²) < 4.78 is 6.19. The summed E-state index contributed by atoms with van der Waals surface area (Å²) in [6.45, 7) is -0.453. The summed E-state index contributed by atoms with van der Waals surface area (Å²) in [5, 5.41) is 28.2. The minimum absolute atomic E-state index is 0.0537. The highest BCUT2D eigenvalue weighted by Gasteiger charge is 2.43. The number of aliphatic hydroxyl groups excluding tert-OH is 3. The summed E-state index contributed by atoms with van der Waals surface area (Å²) in [4.78, 5) is 15.0. The van der Waals surface area contributed by atoms with E-state index in [-0.39, 0.29) is 5.82 Å². The van der Waals surface area contributed by atoms with Crippen LogP contribution in [0.25, 0.3) is 0 Å². The van der Waals surface area contributed by atoms with Crippen LogP contribution in [0.2, 0.25) is 0 Å². The van der Waals surface area contributed by atoms with Gasteiger partial charge in [0.1, 0.15) is 24.1 Å². The van der Waals surface area contributed by atoms with Crippen LogP contribution >= 0.6 is 0 Å². The van der Waals surface area contributed by atoms with Gasteiger partial charge in [-0.1, -0.05) is 0 Å². The van der Waals surface area contributed by atoms with Crippen LogP contribution < -0.4 is 11.4 Å². The second kappa shape index (κ2) is 4.41. The van der Waals surface area contributed by atoms with Gasteiger partial charge in [-0.2, -0.15) is 4.98 Å². The second-order valence-electron chi connectivity index (χ2n) is 3.77. The first kappa shape index (κ1) is 12.0. The van der Waals surface area contributed by atoms with Crippen LogP contribution in [0, 0.1) is 0 Å². The number of ether oxygens (including phenoxy) is 1. The van der Waals surface area contributed by atoms with E-state index < -0.39 is 36.8 Å². The van der Waals surface area contributed by atoms with E-state index in [0.717, 1.165) is 4.57 Å². The number of hydrogen-bond acceptors (Lipinski definition) is 7. The average Bonchev–Trinajstić information content (AvgIpc) is 2.57. The van der Waals surface area contributed by atoms with E-state index in [4.69, 9.17) is 15.6 Å². The number of rotatable bonds is 2. The van der Waals surface area contributed by atoms with Gasteiger partial charge in [-0.25, -0.2) is 4.79 Å². The van der Waals surface area contributed by atoms with Crippen LogP contribution in [-0.2, 0) is 4.74 Å². The molecular weight excluding hydrogens is 230 g/mol. The highest BCUT2D eigenvalue weighted by atomic mass is 16.6. The molecule has 17 heavy (non-hydrogen) atoms. The lowest BCUT2D eigenvalue weighted by Gasteiger charge is -2.16. The summed E-state index contributed by atoms with van der Waals surface area (Å²) in [7, 11) is 0. The van der Waals surface area contributed by atoms with Crippen molar-refractivity contribution in [1.29, 1.82) is 0 Å². The fourth-order valence-corrected chi connectivity index (χ4v) is 1.73.